The van der Waals surface area contributed by atoms with E-state index in [2.05, 4.69) is 21.2 Å². The minimum atomic E-state index is -0.289. The van der Waals surface area contributed by atoms with Crippen LogP contribution in [-0.2, 0) is 11.2 Å². The molecule has 0 spiro atoms. The number of hydrogen-bond donors (Lipinski definition) is 0. The van der Waals surface area contributed by atoms with Gasteiger partial charge in [-0.15, -0.1) is 22.6 Å². The SMILES string of the molecule is C[C@H]1CN(c2nnc(-c3ccc(F)cc3)c3ccccc23)CCN1C(=O)Cc1ccc(C#N)cc1.Cl. The molecule has 36 heavy (non-hydrogen) atoms. The van der Waals surface area contributed by atoms with Crippen LogP contribution in [-0.4, -0.2) is 46.7 Å². The Bertz CT molecular complexity index is 1420. The highest BCUT2D eigenvalue weighted by atomic mass is 35.5. The number of hydrogen-bond acceptors (Lipinski definition) is 5. The summed E-state index contributed by atoms with van der Waals surface area (Å²) in [6.07, 6.45) is 0.311. The van der Waals surface area contributed by atoms with Gasteiger partial charge in [0.1, 0.15) is 11.5 Å². The van der Waals surface area contributed by atoms with Crippen LogP contribution >= 0.6 is 12.4 Å². The van der Waals surface area contributed by atoms with Crippen LogP contribution < -0.4 is 4.90 Å². The number of carbonyl (C=O) groups excluding carboxylic acids is 1. The Morgan fingerprint density at radius 2 is 1.69 bits per heavy atom. The molecule has 1 aliphatic heterocycles. The Kier molecular flexibility index (Phi) is 7.47. The monoisotopic (exact) mass is 501 g/mol. The van der Waals surface area contributed by atoms with Crippen LogP contribution in [0.2, 0.25) is 0 Å². The second-order valence-electron chi connectivity index (χ2n) is 8.79. The minimum Gasteiger partial charge on any atom is -0.351 e. The molecular weight excluding hydrogens is 477 g/mol. The number of nitriles is 1. The van der Waals surface area contributed by atoms with Crippen molar-refractivity contribution in [2.45, 2.75) is 19.4 Å². The highest BCUT2D eigenvalue weighted by Gasteiger charge is 2.29. The van der Waals surface area contributed by atoms with Gasteiger partial charge in [-0.1, -0.05) is 36.4 Å². The third kappa shape index (κ3) is 5.00. The molecule has 0 saturated carbocycles. The summed E-state index contributed by atoms with van der Waals surface area (Å²) in [7, 11) is 0. The quantitative estimate of drug-likeness (QED) is 0.393. The first-order valence-corrected chi connectivity index (χ1v) is 11.6. The Balaban J connectivity index is 0.00000304. The van der Waals surface area contributed by atoms with Crippen LogP contribution in [0.4, 0.5) is 10.2 Å². The summed E-state index contributed by atoms with van der Waals surface area (Å²) in [4.78, 5) is 17.1. The summed E-state index contributed by atoms with van der Waals surface area (Å²) in [5, 5.41) is 20.0. The topological polar surface area (TPSA) is 73.1 Å². The van der Waals surface area contributed by atoms with Gasteiger partial charge < -0.3 is 9.80 Å². The van der Waals surface area contributed by atoms with Gasteiger partial charge in [0.05, 0.1) is 18.1 Å². The summed E-state index contributed by atoms with van der Waals surface area (Å²) >= 11 is 0. The van der Waals surface area contributed by atoms with E-state index in [-0.39, 0.29) is 30.2 Å². The predicted molar refractivity (Wildman–Crippen MR) is 140 cm³/mol. The van der Waals surface area contributed by atoms with Crippen molar-refractivity contribution in [1.82, 2.24) is 15.1 Å². The zero-order chi connectivity index (χ0) is 24.4. The number of rotatable bonds is 4. The fraction of sp³-hybridized carbons (Fsp3) is 0.214. The zero-order valence-corrected chi connectivity index (χ0v) is 20.6. The van der Waals surface area contributed by atoms with Gasteiger partial charge in [-0.05, 0) is 48.9 Å². The molecule has 0 radical (unpaired) electrons. The van der Waals surface area contributed by atoms with Gasteiger partial charge in [0.15, 0.2) is 5.82 Å². The van der Waals surface area contributed by atoms with Crippen molar-refractivity contribution in [3.63, 3.8) is 0 Å². The van der Waals surface area contributed by atoms with Crippen LogP contribution in [0, 0.1) is 17.1 Å². The Morgan fingerprint density at radius 3 is 2.36 bits per heavy atom. The van der Waals surface area contributed by atoms with E-state index in [9.17, 15) is 9.18 Å². The molecule has 1 aromatic heterocycles. The Morgan fingerprint density at radius 1 is 1.00 bits per heavy atom. The molecule has 8 heteroatoms. The average Bonchev–Trinajstić information content (AvgIpc) is 2.89. The summed E-state index contributed by atoms with van der Waals surface area (Å²) in [6, 6.07) is 23.5. The molecule has 0 unspecified atom stereocenters. The molecule has 0 aliphatic carbocycles. The van der Waals surface area contributed by atoms with Crippen molar-refractivity contribution in [2.75, 3.05) is 24.5 Å². The smallest absolute Gasteiger partial charge is 0.227 e. The fourth-order valence-corrected chi connectivity index (χ4v) is 4.64. The molecule has 1 fully saturated rings. The molecule has 1 amide bonds. The van der Waals surface area contributed by atoms with Gasteiger partial charge in [-0.25, -0.2) is 4.39 Å². The maximum atomic E-state index is 13.4. The standard InChI is InChI=1S/C28H24FN5O.ClH/c1-19-18-33(14-15-34(19)26(35)16-20-6-8-21(17-30)9-7-20)28-25-5-3-2-4-24(25)27(31-32-28)22-10-12-23(29)13-11-22;/h2-13,19H,14-16,18H2,1H3;1H/t19-;/m0./s1. The first kappa shape index (κ1) is 25.1. The molecule has 1 atom stereocenters. The molecule has 4 aromatic rings. The summed E-state index contributed by atoms with van der Waals surface area (Å²) in [5.41, 5.74) is 3.01. The Hall–Kier alpha value is -4.02. The van der Waals surface area contributed by atoms with E-state index < -0.39 is 0 Å². The van der Waals surface area contributed by atoms with E-state index >= 15 is 0 Å². The maximum absolute atomic E-state index is 13.4. The third-order valence-corrected chi connectivity index (χ3v) is 6.47. The van der Waals surface area contributed by atoms with Crippen molar-refractivity contribution in [1.29, 1.82) is 5.26 Å². The van der Waals surface area contributed by atoms with Gasteiger partial charge in [0.25, 0.3) is 0 Å². The lowest BCUT2D eigenvalue weighted by Gasteiger charge is -2.40. The normalized spacial score (nSPS) is 15.3. The predicted octanol–water partition coefficient (Wildman–Crippen LogP) is 5.01. The molecule has 1 saturated heterocycles. The fourth-order valence-electron chi connectivity index (χ4n) is 4.64. The molecule has 0 N–H and O–H groups in total. The van der Waals surface area contributed by atoms with Crippen molar-refractivity contribution in [3.05, 3.63) is 89.7 Å². The molecule has 2 heterocycles. The van der Waals surface area contributed by atoms with E-state index in [1.54, 1.807) is 24.3 Å². The number of fused-ring (bicyclic) bond motifs is 1. The van der Waals surface area contributed by atoms with E-state index in [1.807, 2.05) is 48.2 Å². The molecule has 1 aliphatic rings. The lowest BCUT2D eigenvalue weighted by molar-refractivity contribution is -0.132. The number of aromatic nitrogens is 2. The number of benzene rings is 3. The van der Waals surface area contributed by atoms with Crippen molar-refractivity contribution in [3.8, 4) is 17.3 Å². The summed E-state index contributed by atoms with van der Waals surface area (Å²) < 4.78 is 13.4. The van der Waals surface area contributed by atoms with Crippen LogP contribution in [0.1, 0.15) is 18.1 Å². The number of carbonyl (C=O) groups is 1. The first-order valence-electron chi connectivity index (χ1n) is 11.6. The number of amides is 1. The number of anilines is 1. The van der Waals surface area contributed by atoms with E-state index in [4.69, 9.17) is 5.26 Å². The van der Waals surface area contributed by atoms with Crippen molar-refractivity contribution < 1.29 is 9.18 Å². The largest absolute Gasteiger partial charge is 0.351 e. The van der Waals surface area contributed by atoms with Crippen LogP contribution in [0.5, 0.6) is 0 Å². The van der Waals surface area contributed by atoms with Gasteiger partial charge in [-0.3, -0.25) is 4.79 Å². The number of nitrogens with zero attached hydrogens (tertiary/aromatic N) is 5. The second-order valence-corrected chi connectivity index (χ2v) is 8.79. The van der Waals surface area contributed by atoms with Crippen LogP contribution in [0.3, 0.4) is 0 Å². The molecule has 0 bridgehead atoms. The summed E-state index contributed by atoms with van der Waals surface area (Å²) in [5.74, 6) is 0.574. The minimum absolute atomic E-state index is 0. The highest BCUT2D eigenvalue weighted by molar-refractivity contribution is 6.00. The average molecular weight is 502 g/mol. The van der Waals surface area contributed by atoms with Crippen molar-refractivity contribution in [2.24, 2.45) is 0 Å². The second kappa shape index (κ2) is 10.7. The van der Waals surface area contributed by atoms with Crippen molar-refractivity contribution >= 4 is 34.9 Å². The molecular formula is C28H25ClFN5O. The lowest BCUT2D eigenvalue weighted by atomic mass is 10.0. The van der Waals surface area contributed by atoms with Crippen LogP contribution in [0.15, 0.2) is 72.8 Å². The van der Waals surface area contributed by atoms with Gasteiger partial charge in [0, 0.05) is 42.0 Å². The molecule has 5 rings (SSSR count). The molecule has 6 nitrogen and oxygen atoms in total. The third-order valence-electron chi connectivity index (χ3n) is 6.47. The van der Waals surface area contributed by atoms with E-state index in [1.165, 1.54) is 12.1 Å². The van der Waals surface area contributed by atoms with Gasteiger partial charge >= 0.3 is 0 Å². The number of piperazine rings is 1. The Labute approximate surface area is 215 Å². The van der Waals surface area contributed by atoms with E-state index in [0.29, 0.717) is 37.3 Å². The number of halogens is 2. The molecule has 3 aromatic carbocycles. The lowest BCUT2D eigenvalue weighted by Crippen LogP contribution is -2.54. The molecule has 182 valence electrons. The van der Waals surface area contributed by atoms with Crippen LogP contribution in [0.25, 0.3) is 22.0 Å². The van der Waals surface area contributed by atoms with Gasteiger partial charge in [0.2, 0.25) is 5.91 Å². The summed E-state index contributed by atoms with van der Waals surface area (Å²) in [6.45, 7) is 3.93. The highest BCUT2D eigenvalue weighted by Crippen LogP contribution is 2.32. The first-order chi connectivity index (χ1) is 17.0. The maximum Gasteiger partial charge on any atom is 0.227 e. The van der Waals surface area contributed by atoms with E-state index in [0.717, 1.165) is 27.7 Å². The zero-order valence-electron chi connectivity index (χ0n) is 19.8. The van der Waals surface area contributed by atoms with Gasteiger partial charge in [-0.2, -0.15) is 5.26 Å².